The zero-order valence-corrected chi connectivity index (χ0v) is 19.4. The van der Waals surface area contributed by atoms with E-state index in [-0.39, 0.29) is 10.8 Å². The quantitative estimate of drug-likeness (QED) is 0.613. The van der Waals surface area contributed by atoms with Gasteiger partial charge in [-0.1, -0.05) is 42.6 Å². The highest BCUT2D eigenvalue weighted by molar-refractivity contribution is 7.89. The summed E-state index contributed by atoms with van der Waals surface area (Å²) in [7, 11) is -1.11. The van der Waals surface area contributed by atoms with Crippen LogP contribution in [0.5, 0.6) is 0 Å². The van der Waals surface area contributed by atoms with Crippen LogP contribution in [0.15, 0.2) is 53.4 Å². The van der Waals surface area contributed by atoms with Crippen molar-refractivity contribution in [2.45, 2.75) is 31.2 Å². The lowest BCUT2D eigenvalue weighted by Crippen LogP contribution is -2.48. The Morgan fingerprint density at radius 2 is 1.58 bits per heavy atom. The van der Waals surface area contributed by atoms with Gasteiger partial charge in [-0.25, -0.2) is 8.42 Å². The average molecular weight is 446 g/mol. The van der Waals surface area contributed by atoms with Crippen molar-refractivity contribution in [3.8, 4) is 0 Å². The van der Waals surface area contributed by atoms with E-state index in [1.807, 2.05) is 4.90 Å². The monoisotopic (exact) mass is 445 g/mol. The molecule has 1 heterocycles. The van der Waals surface area contributed by atoms with E-state index in [9.17, 15) is 13.2 Å². The van der Waals surface area contributed by atoms with Crippen LogP contribution in [0.1, 0.15) is 41.3 Å². The van der Waals surface area contributed by atoms with Crippen LogP contribution in [0.3, 0.4) is 0 Å². The predicted molar refractivity (Wildman–Crippen MR) is 120 cm³/mol. The first kappa shape index (κ1) is 23.4. The zero-order chi connectivity index (χ0) is 22.6. The maximum atomic E-state index is 12.8. The highest BCUT2D eigenvalue weighted by Gasteiger charge is 2.24. The number of carbonyl (C=O) groups excluding carboxylic acids is 1. The van der Waals surface area contributed by atoms with Crippen molar-refractivity contribution in [3.05, 3.63) is 65.2 Å². The van der Waals surface area contributed by atoms with Gasteiger partial charge in [0.05, 0.1) is 12.0 Å². The molecule has 0 saturated carbocycles. The van der Waals surface area contributed by atoms with Gasteiger partial charge in [-0.05, 0) is 41.3 Å². The lowest BCUT2D eigenvalue weighted by Gasteiger charge is -2.34. The van der Waals surface area contributed by atoms with Crippen molar-refractivity contribution in [2.24, 2.45) is 0 Å². The Labute approximate surface area is 185 Å². The molecule has 1 fully saturated rings. The van der Waals surface area contributed by atoms with Gasteiger partial charge >= 0.3 is 0 Å². The number of benzene rings is 2. The molecule has 0 unspecified atom stereocenters. The molecule has 0 radical (unpaired) electrons. The molecule has 1 amide bonds. The van der Waals surface area contributed by atoms with Crippen LogP contribution in [0.4, 0.5) is 0 Å². The standard InChI is InChI=1S/C23H31N3O4S/c1-18(2)20-7-5-19(6-8-20)17-25-13-15-26(16-14-25)23(27)21-9-11-22(12-10-21)31(28,29)24(3)30-4/h5-12,18H,13-17H2,1-4H3. The number of rotatable bonds is 7. The zero-order valence-electron chi connectivity index (χ0n) is 18.6. The van der Waals surface area contributed by atoms with Gasteiger partial charge < -0.3 is 4.90 Å². The summed E-state index contributed by atoms with van der Waals surface area (Å²) in [5, 5.41) is 0. The Morgan fingerprint density at radius 3 is 2.10 bits per heavy atom. The summed E-state index contributed by atoms with van der Waals surface area (Å²) >= 11 is 0. The van der Waals surface area contributed by atoms with Crippen LogP contribution in [0, 0.1) is 0 Å². The molecule has 7 nitrogen and oxygen atoms in total. The first-order chi connectivity index (χ1) is 14.7. The first-order valence-electron chi connectivity index (χ1n) is 10.5. The molecule has 1 saturated heterocycles. The summed E-state index contributed by atoms with van der Waals surface area (Å²) < 4.78 is 25.4. The molecule has 1 aliphatic rings. The van der Waals surface area contributed by atoms with Crippen LogP contribution in [0.25, 0.3) is 0 Å². The van der Waals surface area contributed by atoms with Crippen molar-refractivity contribution in [3.63, 3.8) is 0 Å². The fourth-order valence-electron chi connectivity index (χ4n) is 3.57. The molecule has 3 rings (SSSR count). The van der Waals surface area contributed by atoms with Crippen LogP contribution >= 0.6 is 0 Å². The van der Waals surface area contributed by atoms with E-state index in [0.717, 1.165) is 24.1 Å². The van der Waals surface area contributed by atoms with Crippen LogP contribution in [-0.4, -0.2) is 68.9 Å². The molecule has 1 aliphatic heterocycles. The maximum absolute atomic E-state index is 12.8. The maximum Gasteiger partial charge on any atom is 0.264 e. The third kappa shape index (κ3) is 5.51. The van der Waals surface area contributed by atoms with Crippen molar-refractivity contribution >= 4 is 15.9 Å². The predicted octanol–water partition coefficient (Wildman–Crippen LogP) is 2.95. The SMILES string of the molecule is CON(C)S(=O)(=O)c1ccc(C(=O)N2CCN(Cc3ccc(C(C)C)cc3)CC2)cc1. The first-order valence-corrected chi connectivity index (χ1v) is 11.9. The van der Waals surface area contributed by atoms with Crippen molar-refractivity contribution in [1.29, 1.82) is 0 Å². The molecule has 2 aromatic rings. The van der Waals surface area contributed by atoms with E-state index in [1.165, 1.54) is 37.4 Å². The van der Waals surface area contributed by atoms with Gasteiger partial charge in [0.1, 0.15) is 0 Å². The molecule has 0 aliphatic carbocycles. The minimum atomic E-state index is -3.72. The lowest BCUT2D eigenvalue weighted by molar-refractivity contribution is -0.0258. The molecule has 2 aromatic carbocycles. The second kappa shape index (κ2) is 9.91. The fourth-order valence-corrected chi connectivity index (χ4v) is 4.55. The Balaban J connectivity index is 1.56. The van der Waals surface area contributed by atoms with Gasteiger partial charge in [-0.3, -0.25) is 14.5 Å². The van der Waals surface area contributed by atoms with E-state index in [4.69, 9.17) is 4.84 Å². The van der Waals surface area contributed by atoms with Gasteiger partial charge in [-0.2, -0.15) is 0 Å². The molecule has 31 heavy (non-hydrogen) atoms. The second-order valence-corrected chi connectivity index (χ2v) is 10.0. The number of sulfonamides is 1. The molecule has 0 spiro atoms. The summed E-state index contributed by atoms with van der Waals surface area (Å²) in [6, 6.07) is 14.7. The van der Waals surface area contributed by atoms with E-state index in [1.54, 1.807) is 12.1 Å². The third-order valence-electron chi connectivity index (χ3n) is 5.71. The minimum absolute atomic E-state index is 0.0787. The molecule has 0 aromatic heterocycles. The molecular weight excluding hydrogens is 414 g/mol. The fraction of sp³-hybridized carbons (Fsp3) is 0.435. The number of hydroxylamine groups is 1. The van der Waals surface area contributed by atoms with Gasteiger partial charge in [-0.15, -0.1) is 0 Å². The van der Waals surface area contributed by atoms with Gasteiger partial charge in [0.15, 0.2) is 0 Å². The van der Waals surface area contributed by atoms with E-state index in [0.29, 0.717) is 24.6 Å². The van der Waals surface area contributed by atoms with Gasteiger partial charge in [0, 0.05) is 45.3 Å². The van der Waals surface area contributed by atoms with Gasteiger partial charge in [0.25, 0.3) is 15.9 Å². The summed E-state index contributed by atoms with van der Waals surface area (Å²) in [6.45, 7) is 8.17. The molecule has 0 bridgehead atoms. The van der Waals surface area contributed by atoms with Crippen LogP contribution in [0.2, 0.25) is 0 Å². The summed E-state index contributed by atoms with van der Waals surface area (Å²) in [5.74, 6) is 0.448. The summed E-state index contributed by atoms with van der Waals surface area (Å²) in [6.07, 6.45) is 0. The number of nitrogens with zero attached hydrogens (tertiary/aromatic N) is 3. The van der Waals surface area contributed by atoms with Crippen molar-refractivity contribution in [1.82, 2.24) is 14.3 Å². The van der Waals surface area contributed by atoms with Crippen LogP contribution < -0.4 is 0 Å². The molecule has 168 valence electrons. The second-order valence-electron chi connectivity index (χ2n) is 8.09. The number of hydrogen-bond donors (Lipinski definition) is 0. The molecule has 0 atom stereocenters. The minimum Gasteiger partial charge on any atom is -0.336 e. The smallest absolute Gasteiger partial charge is 0.264 e. The highest BCUT2D eigenvalue weighted by atomic mass is 32.2. The summed E-state index contributed by atoms with van der Waals surface area (Å²) in [5.41, 5.74) is 3.10. The third-order valence-corrected chi connectivity index (χ3v) is 7.40. The largest absolute Gasteiger partial charge is 0.336 e. The van der Waals surface area contributed by atoms with E-state index in [2.05, 4.69) is 43.0 Å². The Bertz CT molecular complexity index is 980. The highest BCUT2D eigenvalue weighted by Crippen LogP contribution is 2.18. The van der Waals surface area contributed by atoms with Crippen LogP contribution in [-0.2, 0) is 21.4 Å². The molecule has 8 heteroatoms. The van der Waals surface area contributed by atoms with E-state index < -0.39 is 10.0 Å². The molecule has 0 N–H and O–H groups in total. The Kier molecular flexibility index (Phi) is 7.48. The van der Waals surface area contributed by atoms with Gasteiger partial charge in [0.2, 0.25) is 0 Å². The Morgan fingerprint density at radius 1 is 1.00 bits per heavy atom. The number of amides is 1. The number of carbonyl (C=O) groups is 1. The normalized spacial score (nSPS) is 15.6. The Hall–Kier alpha value is -2.26. The number of piperazine rings is 1. The average Bonchev–Trinajstić information content (AvgIpc) is 2.79. The summed E-state index contributed by atoms with van der Waals surface area (Å²) in [4.78, 5) is 21.9. The van der Waals surface area contributed by atoms with E-state index >= 15 is 0 Å². The lowest BCUT2D eigenvalue weighted by atomic mass is 10.0. The van der Waals surface area contributed by atoms with Crippen molar-refractivity contribution < 1.29 is 18.0 Å². The van der Waals surface area contributed by atoms with Crippen molar-refractivity contribution in [2.75, 3.05) is 40.3 Å². The topological polar surface area (TPSA) is 70.2 Å². The number of hydrogen-bond acceptors (Lipinski definition) is 5. The molecular formula is C23H31N3O4S.